The fourth-order valence-corrected chi connectivity index (χ4v) is 7.81. The molecule has 2 aromatic carbocycles. The van der Waals surface area contributed by atoms with Gasteiger partial charge in [0.25, 0.3) is 5.88 Å². The van der Waals surface area contributed by atoms with Gasteiger partial charge in [-0.1, -0.05) is 72.8 Å². The highest BCUT2D eigenvalue weighted by molar-refractivity contribution is 6.26. The number of fused-ring (bicyclic) bond motifs is 4. The summed E-state index contributed by atoms with van der Waals surface area (Å²) in [6, 6.07) is 18.1. The monoisotopic (exact) mass is 688 g/mol. The number of aliphatic hydroxyl groups is 2. The summed E-state index contributed by atoms with van der Waals surface area (Å²) in [7, 11) is 3.71. The third kappa shape index (κ3) is 5.72. The zero-order chi connectivity index (χ0) is 35.9. The number of pyridine rings is 1. The molecule has 2 aromatic heterocycles. The van der Waals surface area contributed by atoms with E-state index in [9.17, 15) is 19.8 Å². The molecule has 0 aliphatic heterocycles. The van der Waals surface area contributed by atoms with Gasteiger partial charge in [0.05, 0.1) is 17.8 Å². The second-order valence-corrected chi connectivity index (χ2v) is 13.4. The molecule has 3 aliphatic rings. The Bertz CT molecular complexity index is 2010. The summed E-state index contributed by atoms with van der Waals surface area (Å²) in [6.07, 6.45) is 5.42. The second-order valence-electron chi connectivity index (χ2n) is 13.4. The van der Waals surface area contributed by atoms with Gasteiger partial charge < -0.3 is 29.1 Å². The maximum Gasteiger partial charge on any atom is 0.265 e. The van der Waals surface area contributed by atoms with Gasteiger partial charge in [-0.15, -0.1) is 13.2 Å². The number of ketones is 2. The molecule has 2 heterocycles. The molecule has 4 aromatic rings. The molecule has 11 heteroatoms. The van der Waals surface area contributed by atoms with Crippen molar-refractivity contribution in [3.8, 4) is 11.6 Å². The van der Waals surface area contributed by atoms with Crippen molar-refractivity contribution in [1.82, 2.24) is 15.0 Å². The van der Waals surface area contributed by atoms with Gasteiger partial charge in [-0.25, -0.2) is 4.98 Å². The number of aromatic nitrogens is 2. The molecule has 0 saturated heterocycles. The summed E-state index contributed by atoms with van der Waals surface area (Å²) in [5.74, 6) is -2.59. The van der Waals surface area contributed by atoms with E-state index in [0.29, 0.717) is 42.2 Å². The minimum Gasteiger partial charge on any atom is -0.507 e. The van der Waals surface area contributed by atoms with Crippen LogP contribution in [0.15, 0.2) is 102 Å². The number of hydrogen-bond donors (Lipinski definition) is 2. The Morgan fingerprint density at radius 3 is 2.18 bits per heavy atom. The van der Waals surface area contributed by atoms with Crippen LogP contribution in [0.25, 0.3) is 5.76 Å². The first-order valence-electron chi connectivity index (χ1n) is 16.9. The summed E-state index contributed by atoms with van der Waals surface area (Å²) in [6.45, 7) is 8.79. The van der Waals surface area contributed by atoms with Gasteiger partial charge in [0.1, 0.15) is 36.1 Å². The topological polar surface area (TPSA) is 138 Å². The SMILES string of the molecule is C=CCN(CC=C)[C@@H]1c2onc(OCc3ccccc3)c2C(=O)[C@@]2(O)C(=O)C3=C(O)c4c(OCc5ccccc5)cnc(N(C)C)c4C[C@H]3C[C@@H]12. The number of hydrogen-bond acceptors (Lipinski definition) is 11. The Morgan fingerprint density at radius 1 is 0.941 bits per heavy atom. The lowest BCUT2D eigenvalue weighted by atomic mass is 9.57. The normalized spacial score (nSPS) is 22.1. The Balaban J connectivity index is 1.35. The molecule has 4 atom stereocenters. The van der Waals surface area contributed by atoms with Crippen molar-refractivity contribution in [2.24, 2.45) is 11.8 Å². The minimum absolute atomic E-state index is 0.0144. The number of carbonyl (C=O) groups is 2. The van der Waals surface area contributed by atoms with Crippen LogP contribution in [-0.4, -0.2) is 69.6 Å². The fraction of sp³-hybridized carbons (Fsp3) is 0.300. The van der Waals surface area contributed by atoms with Gasteiger partial charge in [0, 0.05) is 44.2 Å². The van der Waals surface area contributed by atoms with Gasteiger partial charge in [0.2, 0.25) is 11.6 Å². The number of ether oxygens (including phenoxy) is 2. The average molecular weight is 689 g/mol. The molecule has 0 bridgehead atoms. The largest absolute Gasteiger partial charge is 0.507 e. The van der Waals surface area contributed by atoms with Gasteiger partial charge in [-0.3, -0.25) is 14.5 Å². The van der Waals surface area contributed by atoms with Crippen LogP contribution < -0.4 is 14.4 Å². The first-order valence-corrected chi connectivity index (χ1v) is 16.9. The quantitative estimate of drug-likeness (QED) is 0.141. The van der Waals surface area contributed by atoms with Crippen molar-refractivity contribution < 1.29 is 33.8 Å². The maximum absolute atomic E-state index is 14.9. The van der Waals surface area contributed by atoms with E-state index in [1.807, 2.05) is 84.6 Å². The lowest BCUT2D eigenvalue weighted by Crippen LogP contribution is -2.63. The number of benzene rings is 2. The summed E-state index contributed by atoms with van der Waals surface area (Å²) >= 11 is 0. The minimum atomic E-state index is -2.56. The highest BCUT2D eigenvalue weighted by Gasteiger charge is 2.66. The molecule has 51 heavy (non-hydrogen) atoms. The van der Waals surface area contributed by atoms with Crippen molar-refractivity contribution in [2.45, 2.75) is 37.7 Å². The highest BCUT2D eigenvalue weighted by Crippen LogP contribution is 2.56. The molecule has 1 saturated carbocycles. The molecule has 2 N–H and O–H groups in total. The maximum atomic E-state index is 14.9. The zero-order valence-corrected chi connectivity index (χ0v) is 28.6. The molecule has 7 rings (SSSR count). The van der Waals surface area contributed by atoms with Gasteiger partial charge in [-0.2, -0.15) is 0 Å². The number of anilines is 1. The average Bonchev–Trinajstić information content (AvgIpc) is 3.55. The van der Waals surface area contributed by atoms with Crippen LogP contribution in [0.5, 0.6) is 11.6 Å². The number of rotatable bonds is 12. The number of nitrogens with zero attached hydrogens (tertiary/aromatic N) is 4. The van der Waals surface area contributed by atoms with E-state index in [1.165, 1.54) is 6.20 Å². The third-order valence-corrected chi connectivity index (χ3v) is 10.0. The zero-order valence-electron chi connectivity index (χ0n) is 28.6. The second kappa shape index (κ2) is 13.7. The molecule has 0 spiro atoms. The molecule has 262 valence electrons. The van der Waals surface area contributed by atoms with Crippen molar-refractivity contribution in [1.29, 1.82) is 0 Å². The van der Waals surface area contributed by atoms with Crippen LogP contribution in [-0.2, 0) is 24.4 Å². The van der Waals surface area contributed by atoms with E-state index in [1.54, 1.807) is 12.2 Å². The standard InChI is InChI=1S/C40H40N4O7/c1-5-17-44(18-6-2)33-28-20-26-19-27-31(29(21-41-38(27)43(3)4)49-22-24-13-9-7-10-14-24)34(45)30(26)36(46)40(28,48)37(47)32-35(33)51-42-39(32)50-23-25-15-11-8-12-16-25/h5-16,21,26,28,33,45,48H,1-2,17-20,22-23H2,3-4H3/t26-,28-,33-,40-/m0/s1. The van der Waals surface area contributed by atoms with E-state index >= 15 is 0 Å². The number of carbonyl (C=O) groups excluding carboxylic acids is 2. The predicted octanol–water partition coefficient (Wildman–Crippen LogP) is 5.67. The van der Waals surface area contributed by atoms with Crippen LogP contribution in [0, 0.1) is 11.8 Å². The summed E-state index contributed by atoms with van der Waals surface area (Å²) in [4.78, 5) is 37.9. The van der Waals surface area contributed by atoms with Crippen LogP contribution in [0.4, 0.5) is 5.82 Å². The van der Waals surface area contributed by atoms with Gasteiger partial charge in [0.15, 0.2) is 11.4 Å². The van der Waals surface area contributed by atoms with E-state index in [-0.39, 0.29) is 48.2 Å². The fourth-order valence-electron chi connectivity index (χ4n) is 7.81. The molecule has 0 radical (unpaired) electrons. The third-order valence-electron chi connectivity index (χ3n) is 10.0. The Labute approximate surface area is 296 Å². The van der Waals surface area contributed by atoms with Gasteiger partial charge in [-0.05, 0) is 35.0 Å². The summed E-state index contributed by atoms with van der Waals surface area (Å²) < 4.78 is 18.1. The van der Waals surface area contributed by atoms with E-state index in [2.05, 4.69) is 23.3 Å². The van der Waals surface area contributed by atoms with Crippen LogP contribution in [0.1, 0.15) is 50.8 Å². The van der Waals surface area contributed by atoms with Crippen LogP contribution in [0.3, 0.4) is 0 Å². The first-order chi connectivity index (χ1) is 24.7. The summed E-state index contributed by atoms with van der Waals surface area (Å²) in [5, 5.41) is 28.9. The van der Waals surface area contributed by atoms with Crippen molar-refractivity contribution in [2.75, 3.05) is 32.1 Å². The number of aliphatic hydroxyl groups excluding tert-OH is 1. The van der Waals surface area contributed by atoms with Crippen molar-refractivity contribution in [3.05, 3.63) is 131 Å². The molecular formula is C40H40N4O7. The van der Waals surface area contributed by atoms with Crippen molar-refractivity contribution >= 4 is 23.1 Å². The first kappa shape index (κ1) is 34.0. The van der Waals surface area contributed by atoms with Gasteiger partial charge >= 0.3 is 0 Å². The molecule has 0 amide bonds. The van der Waals surface area contributed by atoms with E-state index in [4.69, 9.17) is 14.0 Å². The lowest BCUT2D eigenvalue weighted by Gasteiger charge is -2.50. The lowest BCUT2D eigenvalue weighted by molar-refractivity contribution is -0.143. The Morgan fingerprint density at radius 2 is 1.57 bits per heavy atom. The molecular weight excluding hydrogens is 648 g/mol. The summed E-state index contributed by atoms with van der Waals surface area (Å²) in [5.41, 5.74) is 0.0978. The smallest absolute Gasteiger partial charge is 0.265 e. The number of Topliss-reactive ketones (excluding diaryl/α,β-unsaturated/α-hetero) is 2. The molecule has 1 fully saturated rings. The Hall–Kier alpha value is -5.52. The molecule has 11 nitrogen and oxygen atoms in total. The van der Waals surface area contributed by atoms with Crippen molar-refractivity contribution in [3.63, 3.8) is 0 Å². The molecule has 3 aliphatic carbocycles. The molecule has 0 unspecified atom stereocenters. The highest BCUT2D eigenvalue weighted by atomic mass is 16.5. The Kier molecular flexibility index (Phi) is 9.09. The van der Waals surface area contributed by atoms with Crippen LogP contribution in [0.2, 0.25) is 0 Å². The van der Waals surface area contributed by atoms with Crippen LogP contribution >= 0.6 is 0 Å². The van der Waals surface area contributed by atoms with E-state index in [0.717, 1.165) is 11.1 Å². The van der Waals surface area contributed by atoms with E-state index < -0.39 is 35.0 Å². The predicted molar refractivity (Wildman–Crippen MR) is 190 cm³/mol.